The lowest BCUT2D eigenvalue weighted by atomic mass is 10.1. The van der Waals surface area contributed by atoms with Gasteiger partial charge in [-0.1, -0.05) is 30.7 Å². The standard InChI is InChI=1S/C22H24N4O3S/c1-2-3-6-15-7-9-17-20(13-15)30-22(23-17)24-21(27)16-8-10-18(19(14-16)26(28)29)25-11-4-5-12-25/h7-10,13-14H,2-6,11-12H2,1H3,(H,23,24,27). The molecule has 1 aliphatic rings. The number of carbonyl (C=O) groups is 1. The number of amides is 1. The Morgan fingerprint density at radius 1 is 1.23 bits per heavy atom. The first kappa shape index (κ1) is 20.3. The van der Waals surface area contributed by atoms with Crippen LogP contribution in [0.3, 0.4) is 0 Å². The van der Waals surface area contributed by atoms with Gasteiger partial charge in [0.05, 0.1) is 15.1 Å². The van der Waals surface area contributed by atoms with Gasteiger partial charge in [-0.3, -0.25) is 20.2 Å². The highest BCUT2D eigenvalue weighted by Gasteiger charge is 2.24. The molecule has 0 bridgehead atoms. The van der Waals surface area contributed by atoms with E-state index >= 15 is 0 Å². The van der Waals surface area contributed by atoms with E-state index in [9.17, 15) is 14.9 Å². The van der Waals surface area contributed by atoms with Crippen LogP contribution >= 0.6 is 11.3 Å². The first-order chi connectivity index (χ1) is 14.5. The Bertz CT molecular complexity index is 1090. The van der Waals surface area contributed by atoms with Crippen molar-refractivity contribution in [3.63, 3.8) is 0 Å². The molecule has 0 radical (unpaired) electrons. The number of nitrogens with zero attached hydrogens (tertiary/aromatic N) is 3. The van der Waals surface area contributed by atoms with Crippen LogP contribution in [-0.2, 0) is 6.42 Å². The van der Waals surface area contributed by atoms with Gasteiger partial charge in [0.15, 0.2) is 5.13 Å². The van der Waals surface area contributed by atoms with Gasteiger partial charge < -0.3 is 4.90 Å². The Kier molecular flexibility index (Phi) is 5.94. The molecule has 1 fully saturated rings. The van der Waals surface area contributed by atoms with Crippen molar-refractivity contribution in [3.05, 3.63) is 57.6 Å². The van der Waals surface area contributed by atoms with Crippen LogP contribution < -0.4 is 10.2 Å². The third-order valence-electron chi connectivity index (χ3n) is 5.37. The number of hydrogen-bond acceptors (Lipinski definition) is 6. The molecule has 1 amide bonds. The van der Waals surface area contributed by atoms with E-state index in [1.165, 1.54) is 23.0 Å². The normalized spacial score (nSPS) is 13.7. The highest BCUT2D eigenvalue weighted by Crippen LogP contribution is 2.32. The van der Waals surface area contributed by atoms with Gasteiger partial charge in [0, 0.05) is 24.7 Å². The molecule has 0 unspecified atom stereocenters. The minimum atomic E-state index is -0.417. The Morgan fingerprint density at radius 3 is 2.77 bits per heavy atom. The summed E-state index contributed by atoms with van der Waals surface area (Å²) in [5.74, 6) is -0.392. The third-order valence-corrected chi connectivity index (χ3v) is 6.31. The summed E-state index contributed by atoms with van der Waals surface area (Å²) < 4.78 is 1.02. The minimum Gasteiger partial charge on any atom is -0.366 e. The predicted octanol–water partition coefficient (Wildman–Crippen LogP) is 5.40. The fraction of sp³-hybridized carbons (Fsp3) is 0.364. The smallest absolute Gasteiger partial charge is 0.293 e. The summed E-state index contributed by atoms with van der Waals surface area (Å²) in [6.07, 6.45) is 5.36. The fourth-order valence-electron chi connectivity index (χ4n) is 3.76. The average molecular weight is 425 g/mol. The van der Waals surface area contributed by atoms with Gasteiger partial charge in [0.25, 0.3) is 11.6 Å². The molecule has 0 spiro atoms. The lowest BCUT2D eigenvalue weighted by Crippen LogP contribution is -2.19. The van der Waals surface area contributed by atoms with Gasteiger partial charge in [-0.2, -0.15) is 0 Å². The quantitative estimate of drug-likeness (QED) is 0.405. The number of nitro benzene ring substituents is 1. The molecule has 7 nitrogen and oxygen atoms in total. The molecule has 3 aromatic rings. The topological polar surface area (TPSA) is 88.4 Å². The van der Waals surface area contributed by atoms with Gasteiger partial charge in [-0.25, -0.2) is 4.98 Å². The number of nitro groups is 1. The van der Waals surface area contributed by atoms with E-state index < -0.39 is 10.8 Å². The van der Waals surface area contributed by atoms with E-state index in [2.05, 4.69) is 29.4 Å². The van der Waals surface area contributed by atoms with E-state index in [1.807, 2.05) is 11.0 Å². The lowest BCUT2D eigenvalue weighted by Gasteiger charge is -2.17. The molecule has 30 heavy (non-hydrogen) atoms. The van der Waals surface area contributed by atoms with Gasteiger partial charge in [-0.15, -0.1) is 0 Å². The average Bonchev–Trinajstić information content (AvgIpc) is 3.41. The molecular weight excluding hydrogens is 400 g/mol. The van der Waals surface area contributed by atoms with Crippen LogP contribution in [0.4, 0.5) is 16.5 Å². The van der Waals surface area contributed by atoms with Gasteiger partial charge >= 0.3 is 0 Å². The van der Waals surface area contributed by atoms with E-state index in [1.54, 1.807) is 12.1 Å². The zero-order valence-electron chi connectivity index (χ0n) is 16.9. The molecular formula is C22H24N4O3S. The summed E-state index contributed by atoms with van der Waals surface area (Å²) >= 11 is 1.42. The molecule has 1 aromatic heterocycles. The van der Waals surface area contributed by atoms with Crippen molar-refractivity contribution in [2.75, 3.05) is 23.3 Å². The second-order valence-electron chi connectivity index (χ2n) is 7.53. The number of aromatic nitrogens is 1. The predicted molar refractivity (Wildman–Crippen MR) is 121 cm³/mol. The lowest BCUT2D eigenvalue weighted by molar-refractivity contribution is -0.384. The number of thiazole rings is 1. The number of benzene rings is 2. The van der Waals surface area contributed by atoms with E-state index in [-0.39, 0.29) is 11.3 Å². The molecule has 2 aromatic carbocycles. The fourth-order valence-corrected chi connectivity index (χ4v) is 4.69. The first-order valence-corrected chi connectivity index (χ1v) is 11.1. The summed E-state index contributed by atoms with van der Waals surface area (Å²) in [5.41, 5.74) is 2.90. The number of anilines is 2. The third kappa shape index (κ3) is 4.28. The zero-order valence-corrected chi connectivity index (χ0v) is 17.7. The van der Waals surface area contributed by atoms with Crippen molar-refractivity contribution in [2.24, 2.45) is 0 Å². The van der Waals surface area contributed by atoms with E-state index in [0.29, 0.717) is 10.8 Å². The van der Waals surface area contributed by atoms with E-state index in [4.69, 9.17) is 0 Å². The minimum absolute atomic E-state index is 0.0329. The molecule has 0 saturated carbocycles. The number of fused-ring (bicyclic) bond motifs is 1. The SMILES string of the molecule is CCCCc1ccc2nc(NC(=O)c3ccc(N4CCCC4)c([N+](=O)[O-])c3)sc2c1. The first-order valence-electron chi connectivity index (χ1n) is 10.3. The molecule has 1 N–H and O–H groups in total. The van der Waals surface area contributed by atoms with Gasteiger partial charge in [-0.05, 0) is 55.5 Å². The summed E-state index contributed by atoms with van der Waals surface area (Å²) in [5, 5.41) is 14.9. The Labute approximate surface area is 178 Å². The van der Waals surface area contributed by atoms with Crippen LogP contribution in [-0.4, -0.2) is 28.9 Å². The van der Waals surface area contributed by atoms with Crippen LogP contribution in [0, 0.1) is 10.1 Å². The van der Waals surface area contributed by atoms with Crippen molar-refractivity contribution in [1.82, 2.24) is 4.98 Å². The maximum absolute atomic E-state index is 12.7. The number of nitrogens with one attached hydrogen (secondary N) is 1. The largest absolute Gasteiger partial charge is 0.366 e. The Hall–Kier alpha value is -3.00. The monoisotopic (exact) mass is 424 g/mol. The van der Waals surface area contributed by atoms with Crippen LogP contribution in [0.5, 0.6) is 0 Å². The summed E-state index contributed by atoms with van der Waals surface area (Å²) in [6.45, 7) is 3.78. The molecule has 0 aliphatic carbocycles. The van der Waals surface area contributed by atoms with Gasteiger partial charge in [0.1, 0.15) is 5.69 Å². The molecule has 1 saturated heterocycles. The summed E-state index contributed by atoms with van der Waals surface area (Å²) in [7, 11) is 0. The van der Waals surface area contributed by atoms with Crippen molar-refractivity contribution in [3.8, 4) is 0 Å². The van der Waals surface area contributed by atoms with Crippen molar-refractivity contribution < 1.29 is 9.72 Å². The summed E-state index contributed by atoms with van der Waals surface area (Å²) in [4.78, 5) is 30.4. The number of unbranched alkanes of at least 4 members (excludes halogenated alkanes) is 1. The summed E-state index contributed by atoms with van der Waals surface area (Å²) in [6, 6.07) is 10.8. The number of aryl methyl sites for hydroxylation is 1. The van der Waals surface area contributed by atoms with Crippen molar-refractivity contribution in [1.29, 1.82) is 0 Å². The molecule has 1 aliphatic heterocycles. The number of carbonyl (C=O) groups excluding carboxylic acids is 1. The van der Waals surface area contributed by atoms with E-state index in [0.717, 1.165) is 55.4 Å². The highest BCUT2D eigenvalue weighted by molar-refractivity contribution is 7.22. The molecule has 156 valence electrons. The molecule has 2 heterocycles. The second kappa shape index (κ2) is 8.79. The van der Waals surface area contributed by atoms with Gasteiger partial charge in [0.2, 0.25) is 0 Å². The van der Waals surface area contributed by atoms with Crippen LogP contribution in [0.2, 0.25) is 0 Å². The highest BCUT2D eigenvalue weighted by atomic mass is 32.1. The zero-order chi connectivity index (χ0) is 21.1. The van der Waals surface area contributed by atoms with Crippen LogP contribution in [0.25, 0.3) is 10.2 Å². The number of hydrogen-bond donors (Lipinski definition) is 1. The Morgan fingerprint density at radius 2 is 2.03 bits per heavy atom. The molecule has 0 atom stereocenters. The molecule has 8 heteroatoms. The number of rotatable bonds is 7. The van der Waals surface area contributed by atoms with Crippen molar-refractivity contribution >= 4 is 44.0 Å². The van der Waals surface area contributed by atoms with Crippen LogP contribution in [0.15, 0.2) is 36.4 Å². The maximum Gasteiger partial charge on any atom is 0.293 e. The van der Waals surface area contributed by atoms with Crippen molar-refractivity contribution in [2.45, 2.75) is 39.0 Å². The van der Waals surface area contributed by atoms with Crippen LogP contribution in [0.1, 0.15) is 48.5 Å². The maximum atomic E-state index is 12.7. The molecule has 4 rings (SSSR count). The Balaban J connectivity index is 1.54. The second-order valence-corrected chi connectivity index (χ2v) is 8.56.